The predicted octanol–water partition coefficient (Wildman–Crippen LogP) is 0.520. The van der Waals surface area contributed by atoms with E-state index in [-0.39, 0.29) is 17.4 Å². The third kappa shape index (κ3) is 0.885. The molecule has 0 aromatic heterocycles. The van der Waals surface area contributed by atoms with Crippen molar-refractivity contribution >= 4 is 11.9 Å². The molecule has 4 rings (SSSR count). The van der Waals surface area contributed by atoms with Gasteiger partial charge in [0.05, 0.1) is 5.41 Å². The van der Waals surface area contributed by atoms with Crippen LogP contribution in [0.5, 0.6) is 0 Å². The Morgan fingerprint density at radius 2 is 1.79 bits per heavy atom. The quantitative estimate of drug-likeness (QED) is 0.690. The summed E-state index contributed by atoms with van der Waals surface area (Å²) in [7, 11) is 0. The molecule has 4 fully saturated rings. The average molecular weight is 195 g/mol. The molecule has 0 radical (unpaired) electrons. The zero-order chi connectivity index (χ0) is 9.97. The van der Waals surface area contributed by atoms with Crippen LogP contribution < -0.4 is 5.32 Å². The van der Waals surface area contributed by atoms with E-state index in [0.717, 1.165) is 12.8 Å². The Balaban J connectivity index is 1.59. The molecule has 4 saturated carbocycles. The summed E-state index contributed by atoms with van der Waals surface area (Å²) in [5.41, 5.74) is -0.602. The predicted molar refractivity (Wildman–Crippen MR) is 47.5 cm³/mol. The van der Waals surface area contributed by atoms with Crippen LogP contribution in [0.1, 0.15) is 32.1 Å². The van der Waals surface area contributed by atoms with Crippen molar-refractivity contribution in [2.24, 2.45) is 11.3 Å². The van der Waals surface area contributed by atoms with Crippen molar-refractivity contribution in [3.05, 3.63) is 0 Å². The van der Waals surface area contributed by atoms with Crippen molar-refractivity contribution in [1.82, 2.24) is 5.32 Å². The molecule has 0 heterocycles. The third-order valence-electron chi connectivity index (χ3n) is 3.82. The Kier molecular flexibility index (Phi) is 1.25. The number of nitrogens with one attached hydrogen (secondary N) is 1. The maximum Gasteiger partial charge on any atom is 0.309 e. The van der Waals surface area contributed by atoms with Gasteiger partial charge in [0.2, 0.25) is 5.91 Å². The van der Waals surface area contributed by atoms with E-state index < -0.39 is 11.4 Å². The summed E-state index contributed by atoms with van der Waals surface area (Å²) >= 11 is 0. The fraction of sp³-hybridized carbons (Fsp3) is 0.800. The summed E-state index contributed by atoms with van der Waals surface area (Å²) < 4.78 is 0. The number of rotatable bonds is 3. The highest BCUT2D eigenvalue weighted by Crippen LogP contribution is 2.67. The summed E-state index contributed by atoms with van der Waals surface area (Å²) in [4.78, 5) is 22.3. The first-order valence-electron chi connectivity index (χ1n) is 5.11. The standard InChI is InChI=1S/C10H13NO3/c12-7(6-1-2-6)11-10-3-9(4-10,5-10)8(13)14/h6H,1-5H2,(H,11,12)(H,13,14). The average Bonchev–Trinajstić information content (AvgIpc) is 2.73. The fourth-order valence-corrected chi connectivity index (χ4v) is 2.86. The highest BCUT2D eigenvalue weighted by molar-refractivity contribution is 5.85. The van der Waals surface area contributed by atoms with Gasteiger partial charge in [0.15, 0.2) is 0 Å². The fourth-order valence-electron chi connectivity index (χ4n) is 2.86. The zero-order valence-electron chi connectivity index (χ0n) is 7.88. The van der Waals surface area contributed by atoms with E-state index >= 15 is 0 Å². The van der Waals surface area contributed by atoms with Gasteiger partial charge in [-0.3, -0.25) is 9.59 Å². The first-order valence-corrected chi connectivity index (χ1v) is 5.11. The monoisotopic (exact) mass is 195 g/mol. The largest absolute Gasteiger partial charge is 0.481 e. The van der Waals surface area contributed by atoms with Gasteiger partial charge in [-0.25, -0.2) is 0 Å². The second kappa shape index (κ2) is 2.12. The molecule has 0 atom stereocenters. The number of carbonyl (C=O) groups is 2. The Labute approximate surface area is 81.7 Å². The van der Waals surface area contributed by atoms with Crippen LogP contribution >= 0.6 is 0 Å². The van der Waals surface area contributed by atoms with Crippen LogP contribution in [-0.2, 0) is 9.59 Å². The van der Waals surface area contributed by atoms with Crippen molar-refractivity contribution < 1.29 is 14.7 Å². The molecule has 4 heteroatoms. The van der Waals surface area contributed by atoms with E-state index in [0.29, 0.717) is 19.3 Å². The lowest BCUT2D eigenvalue weighted by Crippen LogP contribution is -2.77. The maximum absolute atomic E-state index is 11.5. The van der Waals surface area contributed by atoms with Gasteiger partial charge >= 0.3 is 5.97 Å². The lowest BCUT2D eigenvalue weighted by Gasteiger charge is -2.68. The molecule has 4 nitrogen and oxygen atoms in total. The van der Waals surface area contributed by atoms with E-state index in [9.17, 15) is 9.59 Å². The molecule has 14 heavy (non-hydrogen) atoms. The molecular weight excluding hydrogens is 182 g/mol. The molecule has 2 N–H and O–H groups in total. The van der Waals surface area contributed by atoms with Crippen LogP contribution in [0.25, 0.3) is 0 Å². The van der Waals surface area contributed by atoms with Gasteiger partial charge in [-0.2, -0.15) is 0 Å². The van der Waals surface area contributed by atoms with E-state index in [1.165, 1.54) is 0 Å². The minimum absolute atomic E-state index is 0.127. The van der Waals surface area contributed by atoms with Crippen molar-refractivity contribution in [3.63, 3.8) is 0 Å². The molecule has 0 saturated heterocycles. The van der Waals surface area contributed by atoms with Crippen molar-refractivity contribution in [2.75, 3.05) is 0 Å². The minimum Gasteiger partial charge on any atom is -0.481 e. The van der Waals surface area contributed by atoms with Gasteiger partial charge in [0.1, 0.15) is 0 Å². The molecule has 0 unspecified atom stereocenters. The smallest absolute Gasteiger partial charge is 0.309 e. The maximum atomic E-state index is 11.5. The first-order chi connectivity index (χ1) is 6.55. The zero-order valence-corrected chi connectivity index (χ0v) is 7.88. The summed E-state index contributed by atoms with van der Waals surface area (Å²) in [5, 5.41) is 11.9. The highest BCUT2D eigenvalue weighted by Gasteiger charge is 2.72. The van der Waals surface area contributed by atoms with Crippen LogP contribution in [0.4, 0.5) is 0 Å². The number of carboxylic acid groups (broad SMARTS) is 1. The number of carbonyl (C=O) groups excluding carboxylic acids is 1. The van der Waals surface area contributed by atoms with E-state index in [2.05, 4.69) is 5.32 Å². The Bertz CT molecular complexity index is 312. The number of amides is 1. The second-order valence-electron chi connectivity index (χ2n) is 5.16. The summed E-state index contributed by atoms with van der Waals surface area (Å²) in [6.07, 6.45) is 3.95. The van der Waals surface area contributed by atoms with Crippen molar-refractivity contribution in [2.45, 2.75) is 37.6 Å². The highest BCUT2D eigenvalue weighted by atomic mass is 16.4. The van der Waals surface area contributed by atoms with Crippen LogP contribution in [0, 0.1) is 11.3 Å². The molecule has 4 aliphatic carbocycles. The van der Waals surface area contributed by atoms with Crippen LogP contribution in [-0.4, -0.2) is 22.5 Å². The lowest BCUT2D eigenvalue weighted by atomic mass is 9.39. The molecule has 0 aromatic carbocycles. The van der Waals surface area contributed by atoms with E-state index in [4.69, 9.17) is 5.11 Å². The summed E-state index contributed by atoms with van der Waals surface area (Å²) in [6, 6.07) is 0. The Morgan fingerprint density at radius 1 is 1.21 bits per heavy atom. The van der Waals surface area contributed by atoms with Crippen LogP contribution in [0.3, 0.4) is 0 Å². The topological polar surface area (TPSA) is 66.4 Å². The van der Waals surface area contributed by atoms with Gasteiger partial charge in [0, 0.05) is 11.5 Å². The number of carboxylic acids is 1. The Hall–Kier alpha value is -1.06. The lowest BCUT2D eigenvalue weighted by molar-refractivity contribution is -0.200. The molecule has 2 bridgehead atoms. The van der Waals surface area contributed by atoms with Gasteiger partial charge < -0.3 is 10.4 Å². The molecule has 0 aromatic rings. The summed E-state index contributed by atoms with van der Waals surface area (Å²) in [5.74, 6) is -0.325. The molecule has 4 aliphatic rings. The number of aliphatic carboxylic acids is 1. The molecule has 1 amide bonds. The van der Waals surface area contributed by atoms with Gasteiger partial charge in [-0.05, 0) is 32.1 Å². The first kappa shape index (κ1) is 8.26. The van der Waals surface area contributed by atoms with Crippen LogP contribution in [0.2, 0.25) is 0 Å². The minimum atomic E-state index is -0.694. The third-order valence-corrected chi connectivity index (χ3v) is 3.82. The number of hydrogen-bond acceptors (Lipinski definition) is 2. The molecular formula is C10H13NO3. The molecule has 76 valence electrons. The summed E-state index contributed by atoms with van der Waals surface area (Å²) in [6.45, 7) is 0. The Morgan fingerprint density at radius 3 is 2.21 bits per heavy atom. The normalized spacial score (nSPS) is 43.4. The van der Waals surface area contributed by atoms with E-state index in [1.54, 1.807) is 0 Å². The second-order valence-corrected chi connectivity index (χ2v) is 5.16. The molecule has 0 aliphatic heterocycles. The van der Waals surface area contributed by atoms with Gasteiger partial charge in [-0.1, -0.05) is 0 Å². The van der Waals surface area contributed by atoms with Crippen LogP contribution in [0.15, 0.2) is 0 Å². The van der Waals surface area contributed by atoms with Crippen molar-refractivity contribution in [1.29, 1.82) is 0 Å². The SMILES string of the molecule is O=C(NC12CC(C(=O)O)(C1)C2)C1CC1. The molecule has 0 spiro atoms. The van der Waals surface area contributed by atoms with Gasteiger partial charge in [0.25, 0.3) is 0 Å². The van der Waals surface area contributed by atoms with Crippen molar-refractivity contribution in [3.8, 4) is 0 Å². The number of hydrogen-bond donors (Lipinski definition) is 2. The van der Waals surface area contributed by atoms with Gasteiger partial charge in [-0.15, -0.1) is 0 Å². The van der Waals surface area contributed by atoms with E-state index in [1.807, 2.05) is 0 Å².